The van der Waals surface area contributed by atoms with Crippen molar-refractivity contribution in [3.8, 4) is 5.75 Å². The third-order valence-corrected chi connectivity index (χ3v) is 7.27. The first-order chi connectivity index (χ1) is 13.3. The van der Waals surface area contributed by atoms with Crippen LogP contribution in [0, 0.1) is 13.8 Å². The molecule has 3 aromatic rings. The summed E-state index contributed by atoms with van der Waals surface area (Å²) in [5.74, 6) is 1.85. The molecule has 4 rings (SSSR count). The number of nitrogens with zero attached hydrogens (tertiary/aromatic N) is 5. The maximum absolute atomic E-state index is 11.7. The van der Waals surface area contributed by atoms with E-state index in [0.29, 0.717) is 19.7 Å². The first-order valence-corrected chi connectivity index (χ1v) is 11.8. The van der Waals surface area contributed by atoms with Crippen molar-refractivity contribution in [1.29, 1.82) is 0 Å². The molecule has 0 atom stereocenters. The lowest BCUT2D eigenvalue weighted by molar-refractivity contribution is 0.298. The number of aromatic nitrogens is 4. The van der Waals surface area contributed by atoms with Crippen molar-refractivity contribution < 1.29 is 13.2 Å². The molecule has 1 aliphatic heterocycles. The van der Waals surface area contributed by atoms with Gasteiger partial charge in [0.2, 0.25) is 15.0 Å². The second-order valence-electron chi connectivity index (χ2n) is 7.19. The maximum atomic E-state index is 11.7. The van der Waals surface area contributed by atoms with E-state index in [4.69, 9.17) is 4.74 Å². The monoisotopic (exact) mass is 421 g/mol. The van der Waals surface area contributed by atoms with E-state index in [1.807, 2.05) is 32.0 Å². The van der Waals surface area contributed by atoms with Gasteiger partial charge in [-0.15, -0.1) is 10.2 Å². The highest BCUT2D eigenvalue weighted by atomic mass is 32.2. The molecule has 3 heterocycles. The Hall–Kier alpha value is -2.04. The fraction of sp³-hybridized carbons (Fsp3) is 0.500. The van der Waals surface area contributed by atoms with Crippen LogP contribution in [0.4, 0.5) is 0 Å². The number of rotatable bonds is 5. The van der Waals surface area contributed by atoms with Gasteiger partial charge >= 0.3 is 0 Å². The van der Waals surface area contributed by atoms with E-state index in [2.05, 4.69) is 15.3 Å². The van der Waals surface area contributed by atoms with Crippen LogP contribution in [0.5, 0.6) is 5.75 Å². The van der Waals surface area contributed by atoms with E-state index in [0.717, 1.165) is 45.5 Å². The van der Waals surface area contributed by atoms with Gasteiger partial charge in [0.15, 0.2) is 10.8 Å². The predicted octanol–water partition coefficient (Wildman–Crippen LogP) is 2.52. The van der Waals surface area contributed by atoms with Crippen molar-refractivity contribution in [3.05, 3.63) is 40.2 Å². The summed E-state index contributed by atoms with van der Waals surface area (Å²) in [7, 11) is -3.14. The maximum Gasteiger partial charge on any atom is 0.234 e. The largest absolute Gasteiger partial charge is 0.486 e. The van der Waals surface area contributed by atoms with Crippen LogP contribution in [0.3, 0.4) is 0 Å². The lowest BCUT2D eigenvalue weighted by Crippen LogP contribution is -2.37. The fourth-order valence-corrected chi connectivity index (χ4v) is 5.22. The highest BCUT2D eigenvalue weighted by Gasteiger charge is 2.29. The van der Waals surface area contributed by atoms with Gasteiger partial charge in [-0.3, -0.25) is 0 Å². The highest BCUT2D eigenvalue weighted by Crippen LogP contribution is 2.29. The number of ether oxygens (including phenoxy) is 1. The van der Waals surface area contributed by atoms with Crippen LogP contribution in [0.1, 0.15) is 40.7 Å². The number of hydrogen-bond acceptors (Lipinski definition) is 7. The van der Waals surface area contributed by atoms with E-state index < -0.39 is 10.0 Å². The summed E-state index contributed by atoms with van der Waals surface area (Å²) in [5.41, 5.74) is 2.20. The molecule has 1 aromatic carbocycles. The number of hydrogen-bond donors (Lipinski definition) is 0. The van der Waals surface area contributed by atoms with Crippen LogP contribution in [-0.4, -0.2) is 51.9 Å². The zero-order valence-electron chi connectivity index (χ0n) is 16.1. The van der Waals surface area contributed by atoms with Crippen LogP contribution in [0.25, 0.3) is 4.96 Å². The number of aryl methyl sites for hydroxylation is 2. The number of sulfonamides is 1. The summed E-state index contributed by atoms with van der Waals surface area (Å²) in [4.78, 5) is 0.737. The molecule has 150 valence electrons. The van der Waals surface area contributed by atoms with Crippen LogP contribution in [0.2, 0.25) is 0 Å². The molecule has 10 heteroatoms. The molecular weight excluding hydrogens is 398 g/mol. The van der Waals surface area contributed by atoms with Crippen molar-refractivity contribution in [1.82, 2.24) is 24.1 Å². The average molecular weight is 422 g/mol. The first-order valence-electron chi connectivity index (χ1n) is 9.18. The number of para-hydroxylation sites is 1. The molecule has 0 N–H and O–H groups in total. The molecule has 1 fully saturated rings. The Morgan fingerprint density at radius 2 is 1.86 bits per heavy atom. The highest BCUT2D eigenvalue weighted by molar-refractivity contribution is 7.88. The number of benzene rings is 1. The molecule has 28 heavy (non-hydrogen) atoms. The molecule has 1 aliphatic rings. The molecule has 0 bridgehead atoms. The van der Waals surface area contributed by atoms with Crippen molar-refractivity contribution in [3.63, 3.8) is 0 Å². The third kappa shape index (κ3) is 3.76. The molecule has 0 aliphatic carbocycles. The number of piperidine rings is 1. The van der Waals surface area contributed by atoms with Gasteiger partial charge in [0.05, 0.1) is 6.26 Å². The Morgan fingerprint density at radius 1 is 1.18 bits per heavy atom. The molecule has 0 radical (unpaired) electrons. The topological polar surface area (TPSA) is 89.7 Å². The SMILES string of the molecule is Cc1cccc(C)c1OCc1nn2c(C3CCN(S(C)(=O)=O)CC3)nnc2s1. The second kappa shape index (κ2) is 7.41. The smallest absolute Gasteiger partial charge is 0.234 e. The molecule has 0 amide bonds. The summed E-state index contributed by atoms with van der Waals surface area (Å²) in [6, 6.07) is 6.08. The van der Waals surface area contributed by atoms with Crippen molar-refractivity contribution >= 4 is 26.3 Å². The van der Waals surface area contributed by atoms with Crippen LogP contribution < -0.4 is 4.74 Å². The van der Waals surface area contributed by atoms with Gasteiger partial charge in [-0.2, -0.15) is 9.61 Å². The van der Waals surface area contributed by atoms with Crippen LogP contribution in [0.15, 0.2) is 18.2 Å². The summed E-state index contributed by atoms with van der Waals surface area (Å²) < 4.78 is 32.7. The molecule has 8 nitrogen and oxygen atoms in total. The van der Waals surface area contributed by atoms with Crippen LogP contribution in [-0.2, 0) is 16.6 Å². The molecule has 0 saturated carbocycles. The molecule has 1 saturated heterocycles. The van der Waals surface area contributed by atoms with Gasteiger partial charge in [0, 0.05) is 19.0 Å². The second-order valence-corrected chi connectivity index (χ2v) is 10.2. The van der Waals surface area contributed by atoms with Gasteiger partial charge in [0.25, 0.3) is 0 Å². The summed E-state index contributed by atoms with van der Waals surface area (Å²) >= 11 is 1.46. The van der Waals surface area contributed by atoms with Gasteiger partial charge in [-0.25, -0.2) is 12.7 Å². The van der Waals surface area contributed by atoms with Gasteiger partial charge in [-0.1, -0.05) is 29.5 Å². The molecule has 0 unspecified atom stereocenters. The Labute approximate surface area is 168 Å². The van der Waals surface area contributed by atoms with Gasteiger partial charge < -0.3 is 4.74 Å². The van der Waals surface area contributed by atoms with Crippen LogP contribution >= 0.6 is 11.3 Å². The zero-order chi connectivity index (χ0) is 19.9. The fourth-order valence-electron chi connectivity index (χ4n) is 3.59. The zero-order valence-corrected chi connectivity index (χ0v) is 17.8. The van der Waals surface area contributed by atoms with E-state index in [1.54, 1.807) is 4.52 Å². The van der Waals surface area contributed by atoms with Crippen molar-refractivity contribution in [2.45, 2.75) is 39.2 Å². The van der Waals surface area contributed by atoms with Crippen molar-refractivity contribution in [2.75, 3.05) is 19.3 Å². The average Bonchev–Trinajstić information content (AvgIpc) is 3.21. The normalized spacial score (nSPS) is 16.7. The summed E-state index contributed by atoms with van der Waals surface area (Å²) in [6.07, 6.45) is 2.70. The standard InChI is InChI=1S/C18H23N5O3S2/c1-12-5-4-6-13(2)16(12)26-11-15-21-23-17(19-20-18(23)27-15)14-7-9-22(10-8-14)28(3,24)25/h4-6,14H,7-11H2,1-3H3. The molecule has 2 aromatic heterocycles. The van der Waals surface area contributed by atoms with E-state index >= 15 is 0 Å². The Bertz CT molecular complexity index is 1080. The Kier molecular flexibility index (Phi) is 5.11. The Morgan fingerprint density at radius 3 is 2.50 bits per heavy atom. The number of fused-ring (bicyclic) bond motifs is 1. The van der Waals surface area contributed by atoms with E-state index in [1.165, 1.54) is 21.9 Å². The summed E-state index contributed by atoms with van der Waals surface area (Å²) in [6.45, 7) is 5.45. The summed E-state index contributed by atoms with van der Waals surface area (Å²) in [5, 5.41) is 14.0. The lowest BCUT2D eigenvalue weighted by Gasteiger charge is -2.28. The minimum atomic E-state index is -3.14. The van der Waals surface area contributed by atoms with E-state index in [-0.39, 0.29) is 5.92 Å². The first kappa shape index (κ1) is 19.3. The van der Waals surface area contributed by atoms with E-state index in [9.17, 15) is 8.42 Å². The molecule has 0 spiro atoms. The van der Waals surface area contributed by atoms with Crippen molar-refractivity contribution in [2.24, 2.45) is 0 Å². The Balaban J connectivity index is 1.49. The third-order valence-electron chi connectivity index (χ3n) is 5.09. The van der Waals surface area contributed by atoms with Gasteiger partial charge in [0.1, 0.15) is 12.4 Å². The molecular formula is C18H23N5O3S2. The predicted molar refractivity (Wildman–Crippen MR) is 107 cm³/mol. The quantitative estimate of drug-likeness (QED) is 0.629. The van der Waals surface area contributed by atoms with Gasteiger partial charge in [-0.05, 0) is 37.8 Å². The lowest BCUT2D eigenvalue weighted by atomic mass is 9.97. The minimum absolute atomic E-state index is 0.155. The minimum Gasteiger partial charge on any atom is -0.486 e.